The smallest absolute Gasteiger partial charge is 0.356 e. The van der Waals surface area contributed by atoms with Crippen LogP contribution in [0, 0.1) is 5.82 Å². The van der Waals surface area contributed by atoms with E-state index in [1.165, 1.54) is 29.1 Å². The molecule has 0 aliphatic heterocycles. The van der Waals surface area contributed by atoms with Gasteiger partial charge in [-0.15, -0.1) is 0 Å². The maximum absolute atomic E-state index is 13.6. The molecule has 0 spiro atoms. The lowest BCUT2D eigenvalue weighted by molar-refractivity contribution is 0.0690. The first-order valence-corrected chi connectivity index (χ1v) is 7.11. The number of benzene rings is 1. The molecule has 0 fully saturated rings. The van der Waals surface area contributed by atoms with Gasteiger partial charge in [-0.3, -0.25) is 0 Å². The average molecular weight is 352 g/mol. The van der Waals surface area contributed by atoms with Gasteiger partial charge in [0.1, 0.15) is 11.0 Å². The summed E-state index contributed by atoms with van der Waals surface area (Å²) < 4.78 is 15.0. The summed E-state index contributed by atoms with van der Waals surface area (Å²) in [4.78, 5) is 15.1. The molecule has 0 saturated carbocycles. The molecule has 0 unspecified atom stereocenters. The Balaban J connectivity index is 2.22. The van der Waals surface area contributed by atoms with E-state index in [-0.39, 0.29) is 15.9 Å². The molecule has 8 heteroatoms. The molecule has 0 saturated heterocycles. The van der Waals surface area contributed by atoms with Crippen LogP contribution in [0.3, 0.4) is 0 Å². The van der Waals surface area contributed by atoms with Gasteiger partial charge in [0.25, 0.3) is 0 Å². The van der Waals surface area contributed by atoms with Crippen LogP contribution in [-0.4, -0.2) is 25.8 Å². The van der Waals surface area contributed by atoms with Crippen molar-refractivity contribution in [1.82, 2.24) is 14.8 Å². The number of hydrogen-bond donors (Lipinski definition) is 1. The first kappa shape index (κ1) is 15.5. The normalized spacial score (nSPS) is 10.7. The minimum atomic E-state index is -1.20. The van der Waals surface area contributed by atoms with Crippen LogP contribution in [0.2, 0.25) is 10.2 Å². The second kappa shape index (κ2) is 5.98. The molecule has 2 aromatic heterocycles. The summed E-state index contributed by atoms with van der Waals surface area (Å²) in [5, 5.41) is 13.7. The number of nitrogens with zero attached hydrogens (tertiary/aromatic N) is 3. The lowest BCUT2D eigenvalue weighted by atomic mass is 10.1. The minimum absolute atomic E-state index is 0.185. The molecule has 0 atom stereocenters. The van der Waals surface area contributed by atoms with Crippen molar-refractivity contribution in [1.29, 1.82) is 0 Å². The van der Waals surface area contributed by atoms with Crippen molar-refractivity contribution >= 4 is 29.2 Å². The third-order valence-electron chi connectivity index (χ3n) is 3.04. The second-order valence-electron chi connectivity index (χ2n) is 4.63. The SMILES string of the molecule is O=C(O)c1cc(-c2cc(F)cc(Cl)c2)n(-c2ccc(Cl)nc2)n1. The molecule has 0 aliphatic carbocycles. The molecule has 23 heavy (non-hydrogen) atoms. The molecule has 0 aliphatic rings. The number of pyridine rings is 1. The third-order valence-corrected chi connectivity index (χ3v) is 3.48. The fourth-order valence-corrected chi connectivity index (χ4v) is 2.42. The Hall–Kier alpha value is -2.44. The van der Waals surface area contributed by atoms with Crippen molar-refractivity contribution in [2.24, 2.45) is 0 Å². The molecule has 0 amide bonds. The Labute approximate surface area is 139 Å². The number of aromatic nitrogens is 3. The lowest BCUT2D eigenvalue weighted by Gasteiger charge is -2.08. The highest BCUT2D eigenvalue weighted by Crippen LogP contribution is 2.27. The number of aromatic carboxylic acids is 1. The Morgan fingerprint density at radius 1 is 1.17 bits per heavy atom. The maximum atomic E-state index is 13.6. The third kappa shape index (κ3) is 3.18. The van der Waals surface area contributed by atoms with Gasteiger partial charge in [-0.2, -0.15) is 5.10 Å². The predicted octanol–water partition coefficient (Wildman–Crippen LogP) is 4.08. The van der Waals surface area contributed by atoms with Crippen LogP contribution in [0.4, 0.5) is 4.39 Å². The van der Waals surface area contributed by atoms with Crippen molar-refractivity contribution in [3.05, 3.63) is 64.3 Å². The van der Waals surface area contributed by atoms with Gasteiger partial charge in [0.2, 0.25) is 0 Å². The Bertz CT molecular complexity index is 874. The topological polar surface area (TPSA) is 68.0 Å². The summed E-state index contributed by atoms with van der Waals surface area (Å²) in [6.45, 7) is 0. The maximum Gasteiger partial charge on any atom is 0.356 e. The molecule has 0 radical (unpaired) electrons. The van der Waals surface area contributed by atoms with Crippen molar-refractivity contribution in [3.8, 4) is 16.9 Å². The van der Waals surface area contributed by atoms with Gasteiger partial charge < -0.3 is 5.11 Å². The van der Waals surface area contributed by atoms with E-state index in [4.69, 9.17) is 28.3 Å². The van der Waals surface area contributed by atoms with Gasteiger partial charge in [0.15, 0.2) is 5.69 Å². The van der Waals surface area contributed by atoms with Crippen LogP contribution in [-0.2, 0) is 0 Å². The zero-order valence-electron chi connectivity index (χ0n) is 11.4. The van der Waals surface area contributed by atoms with Gasteiger partial charge in [-0.25, -0.2) is 18.9 Å². The fraction of sp³-hybridized carbons (Fsp3) is 0. The summed E-state index contributed by atoms with van der Waals surface area (Å²) in [6, 6.07) is 8.43. The van der Waals surface area contributed by atoms with E-state index in [2.05, 4.69) is 10.1 Å². The van der Waals surface area contributed by atoms with Gasteiger partial charge in [0.05, 0.1) is 17.6 Å². The van der Waals surface area contributed by atoms with Crippen LogP contribution >= 0.6 is 23.2 Å². The Morgan fingerprint density at radius 2 is 1.96 bits per heavy atom. The predicted molar refractivity (Wildman–Crippen MR) is 83.7 cm³/mol. The molecule has 116 valence electrons. The van der Waals surface area contributed by atoms with Crippen molar-refractivity contribution in [3.63, 3.8) is 0 Å². The molecule has 5 nitrogen and oxygen atoms in total. The first-order valence-electron chi connectivity index (χ1n) is 6.36. The van der Waals surface area contributed by atoms with E-state index >= 15 is 0 Å². The molecule has 3 aromatic rings. The minimum Gasteiger partial charge on any atom is -0.476 e. The van der Waals surface area contributed by atoms with Crippen molar-refractivity contribution in [2.75, 3.05) is 0 Å². The number of carbonyl (C=O) groups is 1. The van der Waals surface area contributed by atoms with Crippen molar-refractivity contribution in [2.45, 2.75) is 0 Å². The first-order chi connectivity index (χ1) is 10.9. The van der Waals surface area contributed by atoms with Crippen LogP contribution in [0.1, 0.15) is 10.5 Å². The zero-order chi connectivity index (χ0) is 16.6. The standard InChI is InChI=1S/C15H8Cl2FN3O2/c16-9-3-8(4-10(18)5-9)13-6-12(15(22)23)20-21(13)11-1-2-14(17)19-7-11/h1-7H,(H,22,23). The van der Waals surface area contributed by atoms with E-state index in [0.29, 0.717) is 16.9 Å². The molecule has 1 N–H and O–H groups in total. The Morgan fingerprint density at radius 3 is 2.57 bits per heavy atom. The van der Waals surface area contributed by atoms with Gasteiger partial charge >= 0.3 is 5.97 Å². The van der Waals surface area contributed by atoms with Gasteiger partial charge in [-0.1, -0.05) is 23.2 Å². The highest BCUT2D eigenvalue weighted by atomic mass is 35.5. The fourth-order valence-electron chi connectivity index (χ4n) is 2.08. The van der Waals surface area contributed by atoms with Crippen LogP contribution in [0.5, 0.6) is 0 Å². The summed E-state index contributed by atoms with van der Waals surface area (Å²) in [7, 11) is 0. The largest absolute Gasteiger partial charge is 0.476 e. The second-order valence-corrected chi connectivity index (χ2v) is 5.45. The van der Waals surface area contributed by atoms with E-state index in [0.717, 1.165) is 6.07 Å². The van der Waals surface area contributed by atoms with Gasteiger partial charge in [0, 0.05) is 10.6 Å². The zero-order valence-corrected chi connectivity index (χ0v) is 12.9. The van der Waals surface area contributed by atoms with E-state index < -0.39 is 11.8 Å². The Kier molecular flexibility index (Phi) is 4.02. The van der Waals surface area contributed by atoms with E-state index in [1.54, 1.807) is 12.1 Å². The quantitative estimate of drug-likeness (QED) is 0.722. The summed E-state index contributed by atoms with van der Waals surface area (Å²) in [5.41, 5.74) is 1.06. The summed E-state index contributed by atoms with van der Waals surface area (Å²) in [6.07, 6.45) is 1.44. The highest BCUT2D eigenvalue weighted by molar-refractivity contribution is 6.30. The molecule has 0 bridgehead atoms. The summed E-state index contributed by atoms with van der Waals surface area (Å²) in [5.74, 6) is -1.74. The lowest BCUT2D eigenvalue weighted by Crippen LogP contribution is -2.02. The average Bonchev–Trinajstić information content (AvgIpc) is 2.92. The van der Waals surface area contributed by atoms with Crippen LogP contribution in [0.25, 0.3) is 16.9 Å². The molecular formula is C15H8Cl2FN3O2. The van der Waals surface area contributed by atoms with E-state index in [9.17, 15) is 9.18 Å². The molecular weight excluding hydrogens is 344 g/mol. The van der Waals surface area contributed by atoms with Crippen molar-refractivity contribution < 1.29 is 14.3 Å². The number of carboxylic acids is 1. The monoisotopic (exact) mass is 351 g/mol. The highest BCUT2D eigenvalue weighted by Gasteiger charge is 2.17. The number of carboxylic acid groups (broad SMARTS) is 1. The number of hydrogen-bond acceptors (Lipinski definition) is 3. The summed E-state index contributed by atoms with van der Waals surface area (Å²) >= 11 is 11.6. The molecule has 3 rings (SSSR count). The van der Waals surface area contributed by atoms with Crippen LogP contribution in [0.15, 0.2) is 42.6 Å². The number of rotatable bonds is 3. The van der Waals surface area contributed by atoms with E-state index in [1.807, 2.05) is 0 Å². The number of halogens is 3. The van der Waals surface area contributed by atoms with Gasteiger partial charge in [-0.05, 0) is 36.4 Å². The molecule has 1 aromatic carbocycles. The molecule has 2 heterocycles. The van der Waals surface area contributed by atoms with Crippen LogP contribution < -0.4 is 0 Å².